The van der Waals surface area contributed by atoms with E-state index in [9.17, 15) is 28.8 Å². The summed E-state index contributed by atoms with van der Waals surface area (Å²) >= 11 is 0. The lowest BCUT2D eigenvalue weighted by molar-refractivity contribution is -0.143. The molecule has 0 fully saturated rings. The highest BCUT2D eigenvalue weighted by molar-refractivity contribution is 5.97. The van der Waals surface area contributed by atoms with Crippen molar-refractivity contribution in [1.82, 2.24) is 0 Å². The maximum atomic E-state index is 11.6. The summed E-state index contributed by atoms with van der Waals surface area (Å²) in [6.45, 7) is 1.40. The molecule has 0 rings (SSSR count). The Balaban J connectivity index is 3.84. The average molecular weight is 340 g/mol. The number of rotatable bonds is 14. The molecule has 0 unspecified atom stereocenters. The van der Waals surface area contributed by atoms with Crippen LogP contribution in [0, 0.1) is 0 Å². The predicted octanol–water partition coefficient (Wildman–Crippen LogP) is 1.54. The Morgan fingerprint density at radius 3 is 1.25 bits per heavy atom. The number of methoxy groups -OCH3 is 1. The van der Waals surface area contributed by atoms with Gasteiger partial charge in [-0.25, -0.2) is 0 Å². The highest BCUT2D eigenvalue weighted by Crippen LogP contribution is 2.06. The summed E-state index contributed by atoms with van der Waals surface area (Å²) < 4.78 is 4.35. The number of hydrogen-bond donors (Lipinski definition) is 0. The zero-order valence-electron chi connectivity index (χ0n) is 14.2. The molecule has 134 valence electrons. The Hall–Kier alpha value is -2.18. The van der Waals surface area contributed by atoms with Crippen molar-refractivity contribution in [3.63, 3.8) is 0 Å². The minimum Gasteiger partial charge on any atom is -0.469 e. The van der Waals surface area contributed by atoms with E-state index in [2.05, 4.69) is 4.74 Å². The molecular weight excluding hydrogens is 316 g/mol. The van der Waals surface area contributed by atoms with Gasteiger partial charge in [-0.2, -0.15) is 0 Å². The summed E-state index contributed by atoms with van der Waals surface area (Å²) in [7, 11) is 1.18. The SMILES string of the molecule is COC(=O)CC(=O)CCC(=O)CCC(=O)CCC(=O)CCC(C)=O. The molecule has 0 atom stereocenters. The Morgan fingerprint density at radius 1 is 0.583 bits per heavy atom. The fourth-order valence-corrected chi connectivity index (χ4v) is 1.85. The standard InChI is InChI=1S/C17H24O7/c1-12(18)3-4-13(19)5-6-14(20)7-8-15(21)9-10-16(22)11-17(23)24-2/h3-11H2,1-2H3. The maximum absolute atomic E-state index is 11.6. The van der Waals surface area contributed by atoms with Crippen LogP contribution in [0.5, 0.6) is 0 Å². The van der Waals surface area contributed by atoms with Crippen LogP contribution in [-0.2, 0) is 33.5 Å². The fraction of sp³-hybridized carbons (Fsp3) is 0.647. The van der Waals surface area contributed by atoms with E-state index in [-0.39, 0.29) is 86.7 Å². The van der Waals surface area contributed by atoms with E-state index in [1.165, 1.54) is 14.0 Å². The van der Waals surface area contributed by atoms with E-state index in [1.807, 2.05) is 0 Å². The van der Waals surface area contributed by atoms with Crippen molar-refractivity contribution < 1.29 is 33.5 Å². The predicted molar refractivity (Wildman–Crippen MR) is 84.3 cm³/mol. The van der Waals surface area contributed by atoms with E-state index >= 15 is 0 Å². The minimum atomic E-state index is -0.642. The lowest BCUT2D eigenvalue weighted by Gasteiger charge is -2.02. The van der Waals surface area contributed by atoms with Crippen molar-refractivity contribution in [1.29, 1.82) is 0 Å². The summed E-state index contributed by atoms with van der Waals surface area (Å²) in [5, 5.41) is 0. The van der Waals surface area contributed by atoms with Crippen molar-refractivity contribution in [3.05, 3.63) is 0 Å². The summed E-state index contributed by atoms with van der Waals surface area (Å²) in [6, 6.07) is 0. The number of ketones is 5. The quantitative estimate of drug-likeness (QED) is 0.348. The van der Waals surface area contributed by atoms with Crippen molar-refractivity contribution >= 4 is 34.9 Å². The first-order chi connectivity index (χ1) is 11.2. The molecule has 0 bridgehead atoms. The second kappa shape index (κ2) is 12.3. The molecular formula is C17H24O7. The van der Waals surface area contributed by atoms with Gasteiger partial charge in [-0.15, -0.1) is 0 Å². The Morgan fingerprint density at radius 2 is 0.917 bits per heavy atom. The van der Waals surface area contributed by atoms with Gasteiger partial charge in [0.2, 0.25) is 0 Å². The Labute approximate surface area is 141 Å². The molecule has 0 spiro atoms. The summed E-state index contributed by atoms with van der Waals surface area (Å²) in [5.41, 5.74) is 0. The topological polar surface area (TPSA) is 112 Å². The highest BCUT2D eigenvalue weighted by atomic mass is 16.5. The number of Topliss-reactive ketones (excluding diaryl/α,β-unsaturated/α-hetero) is 5. The Bertz CT molecular complexity index is 505. The van der Waals surface area contributed by atoms with Gasteiger partial charge in [0, 0.05) is 51.4 Å². The van der Waals surface area contributed by atoms with Crippen LogP contribution in [0.25, 0.3) is 0 Å². The van der Waals surface area contributed by atoms with Gasteiger partial charge in [0.05, 0.1) is 7.11 Å². The van der Waals surface area contributed by atoms with Crippen LogP contribution in [0.3, 0.4) is 0 Å². The molecule has 7 nitrogen and oxygen atoms in total. The number of carbonyl (C=O) groups is 6. The van der Waals surface area contributed by atoms with Crippen molar-refractivity contribution in [2.24, 2.45) is 0 Å². The number of hydrogen-bond acceptors (Lipinski definition) is 7. The van der Waals surface area contributed by atoms with E-state index in [0.717, 1.165) is 0 Å². The van der Waals surface area contributed by atoms with E-state index < -0.39 is 5.97 Å². The van der Waals surface area contributed by atoms with Gasteiger partial charge in [-0.3, -0.25) is 24.0 Å². The highest BCUT2D eigenvalue weighted by Gasteiger charge is 2.13. The molecule has 0 aliphatic carbocycles. The normalized spacial score (nSPS) is 10.1. The minimum absolute atomic E-state index is 0.0132. The van der Waals surface area contributed by atoms with Crippen LogP contribution in [0.15, 0.2) is 0 Å². The first-order valence-corrected chi connectivity index (χ1v) is 7.87. The molecule has 24 heavy (non-hydrogen) atoms. The summed E-state index contributed by atoms with van der Waals surface area (Å²) in [6.07, 6.45) is 0.103. The molecule has 0 heterocycles. The van der Waals surface area contributed by atoms with Gasteiger partial charge in [0.25, 0.3) is 0 Å². The van der Waals surface area contributed by atoms with Crippen LogP contribution in [0.1, 0.15) is 64.7 Å². The summed E-state index contributed by atoms with van der Waals surface area (Å²) in [5.74, 6) is -1.65. The molecule has 0 radical (unpaired) electrons. The van der Waals surface area contributed by atoms with Crippen molar-refractivity contribution in [2.75, 3.05) is 7.11 Å². The molecule has 0 aromatic carbocycles. The Kier molecular flexibility index (Phi) is 11.2. The lowest BCUT2D eigenvalue weighted by atomic mass is 10.0. The molecule has 0 N–H and O–H groups in total. The first-order valence-electron chi connectivity index (χ1n) is 7.87. The third-order valence-electron chi connectivity index (χ3n) is 3.37. The summed E-state index contributed by atoms with van der Waals surface area (Å²) in [4.78, 5) is 67.6. The van der Waals surface area contributed by atoms with Crippen molar-refractivity contribution in [3.8, 4) is 0 Å². The van der Waals surface area contributed by atoms with Gasteiger partial charge in [-0.05, 0) is 6.92 Å². The smallest absolute Gasteiger partial charge is 0.313 e. The molecule has 0 saturated heterocycles. The lowest BCUT2D eigenvalue weighted by Crippen LogP contribution is -2.12. The van der Waals surface area contributed by atoms with Gasteiger partial charge in [0.1, 0.15) is 35.3 Å². The zero-order chi connectivity index (χ0) is 18.5. The molecule has 0 aromatic rings. The third kappa shape index (κ3) is 12.4. The molecule has 7 heteroatoms. The van der Waals surface area contributed by atoms with Crippen LogP contribution in [0.4, 0.5) is 0 Å². The number of esters is 1. The van der Waals surface area contributed by atoms with Crippen LogP contribution in [-0.4, -0.2) is 42.0 Å². The van der Waals surface area contributed by atoms with Crippen LogP contribution in [0.2, 0.25) is 0 Å². The second-order valence-corrected chi connectivity index (χ2v) is 5.61. The van der Waals surface area contributed by atoms with Crippen molar-refractivity contribution in [2.45, 2.75) is 64.7 Å². The largest absolute Gasteiger partial charge is 0.469 e. The molecule has 0 amide bonds. The average Bonchev–Trinajstić information content (AvgIpc) is 2.53. The molecule has 0 saturated carbocycles. The number of ether oxygens (including phenoxy) is 1. The zero-order valence-corrected chi connectivity index (χ0v) is 14.2. The van der Waals surface area contributed by atoms with Gasteiger partial charge in [-0.1, -0.05) is 0 Å². The van der Waals surface area contributed by atoms with Gasteiger partial charge >= 0.3 is 5.97 Å². The van der Waals surface area contributed by atoms with Crippen LogP contribution < -0.4 is 0 Å². The van der Waals surface area contributed by atoms with E-state index in [0.29, 0.717) is 0 Å². The fourth-order valence-electron chi connectivity index (χ4n) is 1.85. The van der Waals surface area contributed by atoms with Gasteiger partial charge in [0.15, 0.2) is 0 Å². The second-order valence-electron chi connectivity index (χ2n) is 5.61. The maximum Gasteiger partial charge on any atom is 0.313 e. The third-order valence-corrected chi connectivity index (χ3v) is 3.37. The molecule has 0 aliphatic rings. The molecule has 0 aliphatic heterocycles. The number of carbonyl (C=O) groups excluding carboxylic acids is 6. The van der Waals surface area contributed by atoms with E-state index in [1.54, 1.807) is 0 Å². The monoisotopic (exact) mass is 340 g/mol. The molecule has 0 aromatic heterocycles. The van der Waals surface area contributed by atoms with Gasteiger partial charge < -0.3 is 9.53 Å². The van der Waals surface area contributed by atoms with E-state index in [4.69, 9.17) is 0 Å². The van der Waals surface area contributed by atoms with Crippen LogP contribution >= 0.6 is 0 Å². The first kappa shape index (κ1) is 21.8.